The van der Waals surface area contributed by atoms with Crippen molar-refractivity contribution in [3.8, 4) is 0 Å². The molecule has 2 aromatic carbocycles. The van der Waals surface area contributed by atoms with Gasteiger partial charge in [-0.15, -0.1) is 0 Å². The summed E-state index contributed by atoms with van der Waals surface area (Å²) in [4.78, 5) is 14.2. The van der Waals surface area contributed by atoms with Gasteiger partial charge in [0.05, 0.1) is 35.9 Å². The van der Waals surface area contributed by atoms with E-state index in [9.17, 15) is 40.6 Å². The fraction of sp³-hybridized carbons (Fsp3) is 0.458. The summed E-state index contributed by atoms with van der Waals surface area (Å²) in [7, 11) is 0. The molecule has 190 valence electrons. The molecule has 11 heteroatoms. The van der Waals surface area contributed by atoms with Crippen LogP contribution in [-0.2, 0) is 21.9 Å². The maximum absolute atomic E-state index is 13.5. The first-order valence-electron chi connectivity index (χ1n) is 10.9. The minimum absolute atomic E-state index is 0.0392. The molecular formula is C24H22F7NO3. The van der Waals surface area contributed by atoms with Crippen LogP contribution in [0.15, 0.2) is 42.5 Å². The van der Waals surface area contributed by atoms with Crippen molar-refractivity contribution in [3.05, 3.63) is 70.5 Å². The topological polar surface area (TPSA) is 49.8 Å². The smallest absolute Gasteiger partial charge is 0.396 e. The summed E-state index contributed by atoms with van der Waals surface area (Å²) in [5.74, 6) is -1.92. The molecule has 4 rings (SSSR count). The molecule has 0 aliphatic carbocycles. The van der Waals surface area contributed by atoms with Crippen LogP contribution in [0.1, 0.15) is 47.6 Å². The fourth-order valence-electron chi connectivity index (χ4n) is 5.00. The van der Waals surface area contributed by atoms with E-state index in [2.05, 4.69) is 0 Å². The highest BCUT2D eigenvalue weighted by molar-refractivity contribution is 5.82. The number of benzene rings is 2. The van der Waals surface area contributed by atoms with Gasteiger partial charge in [0.2, 0.25) is 5.91 Å². The molecule has 0 spiro atoms. The van der Waals surface area contributed by atoms with Crippen LogP contribution >= 0.6 is 0 Å². The lowest BCUT2D eigenvalue weighted by molar-refractivity contribution is -0.143. The van der Waals surface area contributed by atoms with E-state index >= 15 is 0 Å². The van der Waals surface area contributed by atoms with Crippen molar-refractivity contribution in [2.24, 2.45) is 5.92 Å². The number of carbonyl (C=O) groups excluding carboxylic acids is 1. The Morgan fingerprint density at radius 1 is 1.03 bits per heavy atom. The van der Waals surface area contributed by atoms with Gasteiger partial charge in [-0.05, 0) is 54.8 Å². The molecular weight excluding hydrogens is 483 g/mol. The first-order chi connectivity index (χ1) is 16.3. The predicted octanol–water partition coefficient (Wildman–Crippen LogP) is 5.32. The van der Waals surface area contributed by atoms with Gasteiger partial charge in [0.1, 0.15) is 5.82 Å². The predicted molar refractivity (Wildman–Crippen MR) is 110 cm³/mol. The lowest BCUT2D eigenvalue weighted by atomic mass is 9.86. The molecule has 5 atom stereocenters. The third-order valence-corrected chi connectivity index (χ3v) is 6.68. The molecule has 1 amide bonds. The summed E-state index contributed by atoms with van der Waals surface area (Å²) in [5, 5.41) is 9.52. The molecule has 2 heterocycles. The van der Waals surface area contributed by atoms with E-state index in [1.807, 2.05) is 0 Å². The van der Waals surface area contributed by atoms with Crippen LogP contribution in [0.4, 0.5) is 30.7 Å². The van der Waals surface area contributed by atoms with Crippen molar-refractivity contribution < 1.29 is 45.4 Å². The number of hydrogen-bond acceptors (Lipinski definition) is 3. The Morgan fingerprint density at radius 3 is 2.11 bits per heavy atom. The highest BCUT2D eigenvalue weighted by Crippen LogP contribution is 2.45. The van der Waals surface area contributed by atoms with Crippen LogP contribution in [0, 0.1) is 11.7 Å². The highest BCUT2D eigenvalue weighted by atomic mass is 19.4. The molecule has 2 aliphatic rings. The van der Waals surface area contributed by atoms with E-state index < -0.39 is 59.4 Å². The molecule has 4 nitrogen and oxygen atoms in total. The molecule has 0 aromatic heterocycles. The maximum Gasteiger partial charge on any atom is 0.416 e. The van der Waals surface area contributed by atoms with Crippen molar-refractivity contribution in [2.75, 3.05) is 13.2 Å². The lowest BCUT2D eigenvalue weighted by Crippen LogP contribution is -2.31. The summed E-state index contributed by atoms with van der Waals surface area (Å²) in [6.07, 6.45) is -11.6. The van der Waals surface area contributed by atoms with E-state index in [4.69, 9.17) is 4.74 Å². The quantitative estimate of drug-likeness (QED) is 0.560. The van der Waals surface area contributed by atoms with E-state index in [0.29, 0.717) is 24.1 Å². The number of carbonyl (C=O) groups is 1. The van der Waals surface area contributed by atoms with Crippen molar-refractivity contribution >= 4 is 5.91 Å². The summed E-state index contributed by atoms with van der Waals surface area (Å²) in [6.45, 7) is 1.03. The van der Waals surface area contributed by atoms with Gasteiger partial charge in [-0.2, -0.15) is 26.3 Å². The molecule has 35 heavy (non-hydrogen) atoms. The number of ether oxygens (including phenoxy) is 1. The zero-order valence-corrected chi connectivity index (χ0v) is 18.4. The Hall–Kier alpha value is -2.66. The van der Waals surface area contributed by atoms with Gasteiger partial charge in [-0.3, -0.25) is 4.79 Å². The molecule has 0 radical (unpaired) electrons. The average Bonchev–Trinajstić information content (AvgIpc) is 3.28. The summed E-state index contributed by atoms with van der Waals surface area (Å²) < 4.78 is 99.2. The number of hydrogen-bond donors (Lipinski definition) is 1. The number of amides is 1. The molecule has 2 unspecified atom stereocenters. The first kappa shape index (κ1) is 25.4. The van der Waals surface area contributed by atoms with Crippen molar-refractivity contribution in [2.45, 2.75) is 49.9 Å². The summed E-state index contributed by atoms with van der Waals surface area (Å²) in [6, 6.07) is 6.35. The van der Waals surface area contributed by atoms with Crippen LogP contribution in [0.2, 0.25) is 0 Å². The second-order valence-electron chi connectivity index (χ2n) is 8.91. The Bertz CT molecular complexity index is 1050. The second-order valence-corrected chi connectivity index (χ2v) is 8.91. The van der Waals surface area contributed by atoms with E-state index in [1.165, 1.54) is 36.1 Å². The van der Waals surface area contributed by atoms with Crippen LogP contribution in [0.5, 0.6) is 0 Å². The number of alkyl halides is 6. The van der Waals surface area contributed by atoms with E-state index in [0.717, 1.165) is 0 Å². The van der Waals surface area contributed by atoms with Crippen LogP contribution in [0.25, 0.3) is 0 Å². The van der Waals surface area contributed by atoms with Gasteiger partial charge < -0.3 is 14.7 Å². The largest absolute Gasteiger partial charge is 0.416 e. The summed E-state index contributed by atoms with van der Waals surface area (Å²) >= 11 is 0. The number of aliphatic hydroxyl groups excluding tert-OH is 1. The highest BCUT2D eigenvalue weighted by Gasteiger charge is 2.52. The third kappa shape index (κ3) is 5.02. The molecule has 1 N–H and O–H groups in total. The minimum atomic E-state index is -4.99. The molecule has 2 aromatic rings. The second kappa shape index (κ2) is 9.09. The Labute approximate surface area is 196 Å². The lowest BCUT2D eigenvalue weighted by Gasteiger charge is -2.27. The molecule has 2 aliphatic heterocycles. The van der Waals surface area contributed by atoms with E-state index in [1.54, 1.807) is 0 Å². The monoisotopic (exact) mass is 505 g/mol. The van der Waals surface area contributed by atoms with Gasteiger partial charge in [-0.25, -0.2) is 4.39 Å². The number of fused-ring (bicyclic) bond motifs is 1. The maximum atomic E-state index is 13.5. The summed E-state index contributed by atoms with van der Waals surface area (Å²) in [5.41, 5.74) is -2.58. The Balaban J connectivity index is 1.67. The van der Waals surface area contributed by atoms with Crippen LogP contribution in [-0.4, -0.2) is 41.2 Å². The van der Waals surface area contributed by atoms with Crippen LogP contribution in [0.3, 0.4) is 0 Å². The van der Waals surface area contributed by atoms with Crippen molar-refractivity contribution in [1.29, 1.82) is 0 Å². The third-order valence-electron chi connectivity index (χ3n) is 6.68. The number of rotatable bonds is 5. The van der Waals surface area contributed by atoms with Gasteiger partial charge in [0.15, 0.2) is 0 Å². The standard InChI is InChI=1S/C24H22F7NO3/c1-12(14-6-16(23(26,27)28)9-17(7-14)24(29,30)31)35-20-10-32-19(8-15(11-33)22(32)34)21(20)13-2-4-18(25)5-3-13/h2-7,9,12,15,19-21,33H,8,10-11H2,1H3/t12-,15?,19+,20+,21?/m1/s1. The minimum Gasteiger partial charge on any atom is -0.396 e. The molecule has 0 bridgehead atoms. The average molecular weight is 505 g/mol. The number of aliphatic hydroxyl groups is 1. The fourth-order valence-corrected chi connectivity index (χ4v) is 5.00. The Kier molecular flexibility index (Phi) is 6.60. The van der Waals surface area contributed by atoms with E-state index in [-0.39, 0.29) is 30.7 Å². The first-order valence-corrected chi connectivity index (χ1v) is 10.9. The van der Waals surface area contributed by atoms with Gasteiger partial charge >= 0.3 is 12.4 Å². The number of halogens is 7. The van der Waals surface area contributed by atoms with Crippen molar-refractivity contribution in [1.82, 2.24) is 4.90 Å². The van der Waals surface area contributed by atoms with Gasteiger partial charge in [0, 0.05) is 18.5 Å². The molecule has 0 saturated carbocycles. The Morgan fingerprint density at radius 2 is 1.60 bits per heavy atom. The van der Waals surface area contributed by atoms with Crippen LogP contribution < -0.4 is 0 Å². The SMILES string of the molecule is C[C@@H](O[C@H]1CN2C(=O)C(CO)C[C@H]2C1c1ccc(F)cc1)c1cc(C(F)(F)F)cc(C(F)(F)F)c1. The van der Waals surface area contributed by atoms with Crippen molar-refractivity contribution in [3.63, 3.8) is 0 Å². The van der Waals surface area contributed by atoms with Gasteiger partial charge in [0.25, 0.3) is 0 Å². The molecule has 2 fully saturated rings. The van der Waals surface area contributed by atoms with Gasteiger partial charge in [-0.1, -0.05) is 12.1 Å². The normalized spacial score (nSPS) is 25.7. The zero-order valence-electron chi connectivity index (χ0n) is 18.4. The molecule has 2 saturated heterocycles. The number of nitrogens with zero attached hydrogens (tertiary/aromatic N) is 1. The zero-order chi connectivity index (χ0) is 25.7.